The van der Waals surface area contributed by atoms with Gasteiger partial charge in [-0.2, -0.15) is 0 Å². The van der Waals surface area contributed by atoms with Gasteiger partial charge in [-0.15, -0.1) is 0 Å². The lowest BCUT2D eigenvalue weighted by molar-refractivity contribution is 0.0696. The molecule has 0 unspecified atom stereocenters. The molecule has 0 radical (unpaired) electrons. The Balaban J connectivity index is 1.79. The molecule has 2 aromatic carbocycles. The van der Waals surface area contributed by atoms with Crippen LogP contribution in [0.4, 0.5) is 5.69 Å². The minimum atomic E-state index is -1.08. The minimum Gasteiger partial charge on any atom is -0.506 e. The Kier molecular flexibility index (Phi) is 3.73. The molecule has 0 saturated carbocycles. The first-order valence-corrected chi connectivity index (χ1v) is 8.42. The van der Waals surface area contributed by atoms with Crippen molar-refractivity contribution < 1.29 is 19.8 Å². The van der Waals surface area contributed by atoms with Crippen LogP contribution < -0.4 is 10.9 Å². The lowest BCUT2D eigenvalue weighted by Gasteiger charge is -2.14. The van der Waals surface area contributed by atoms with E-state index in [9.17, 15) is 19.5 Å². The van der Waals surface area contributed by atoms with Crippen molar-refractivity contribution in [2.75, 3.05) is 5.32 Å². The molecule has 2 heterocycles. The fourth-order valence-corrected chi connectivity index (χ4v) is 3.61. The summed E-state index contributed by atoms with van der Waals surface area (Å²) in [6, 6.07) is 10.8. The quantitative estimate of drug-likeness (QED) is 0.662. The van der Waals surface area contributed by atoms with Crippen molar-refractivity contribution in [3.8, 4) is 5.75 Å². The minimum absolute atomic E-state index is 0.0798. The van der Waals surface area contributed by atoms with Crippen molar-refractivity contribution in [3.63, 3.8) is 0 Å². The average molecular weight is 364 g/mol. The fraction of sp³-hybridized carbons (Fsp3) is 0.150. The van der Waals surface area contributed by atoms with E-state index in [1.807, 2.05) is 13.0 Å². The Morgan fingerprint density at radius 1 is 1.15 bits per heavy atom. The summed E-state index contributed by atoms with van der Waals surface area (Å²) in [5, 5.41) is 22.5. The molecule has 3 aromatic rings. The number of nitrogens with one attached hydrogen (secondary N) is 1. The van der Waals surface area contributed by atoms with Crippen molar-refractivity contribution in [2.24, 2.45) is 0 Å². The van der Waals surface area contributed by atoms with Crippen LogP contribution in [0, 0.1) is 0 Å². The number of aromatic nitrogens is 1. The van der Waals surface area contributed by atoms with E-state index in [0.717, 1.165) is 5.56 Å². The predicted octanol–water partition coefficient (Wildman–Crippen LogP) is 2.77. The summed E-state index contributed by atoms with van der Waals surface area (Å²) in [5.41, 5.74) is 1.16. The van der Waals surface area contributed by atoms with Crippen molar-refractivity contribution in [1.29, 1.82) is 0 Å². The van der Waals surface area contributed by atoms with E-state index in [1.165, 1.54) is 24.3 Å². The summed E-state index contributed by atoms with van der Waals surface area (Å²) in [6.45, 7) is 1.89. The lowest BCUT2D eigenvalue weighted by Crippen LogP contribution is -2.30. The van der Waals surface area contributed by atoms with Crippen molar-refractivity contribution in [1.82, 2.24) is 4.57 Å². The standard InChI is InChI=1S/C20H16N2O5/c1-10-9-12-3-2-4-14-16(12)22(10)19(25)15(17(14)23)18(24)21-13-7-5-11(6-8-13)20(26)27/h2-8,10,23H,9H2,1H3,(H,21,24)(H,26,27)/t10-/m1/s1. The number of aromatic carboxylic acids is 1. The van der Waals surface area contributed by atoms with Crippen LogP contribution in [0.3, 0.4) is 0 Å². The molecule has 3 N–H and O–H groups in total. The van der Waals surface area contributed by atoms with E-state index >= 15 is 0 Å². The number of pyridine rings is 1. The number of hydrogen-bond donors (Lipinski definition) is 3. The van der Waals surface area contributed by atoms with Gasteiger partial charge in [-0.25, -0.2) is 4.79 Å². The van der Waals surface area contributed by atoms with Gasteiger partial charge in [0.2, 0.25) is 0 Å². The van der Waals surface area contributed by atoms with Crippen LogP contribution in [-0.4, -0.2) is 26.7 Å². The smallest absolute Gasteiger partial charge is 0.335 e. The Morgan fingerprint density at radius 2 is 1.85 bits per heavy atom. The Hall–Kier alpha value is -3.61. The molecule has 7 nitrogen and oxygen atoms in total. The topological polar surface area (TPSA) is 109 Å². The van der Waals surface area contributed by atoms with E-state index in [4.69, 9.17) is 5.11 Å². The molecule has 1 amide bonds. The zero-order chi connectivity index (χ0) is 19.3. The molecule has 1 aliphatic heterocycles. The predicted molar refractivity (Wildman–Crippen MR) is 99.6 cm³/mol. The maximum atomic E-state index is 12.9. The van der Waals surface area contributed by atoms with Gasteiger partial charge in [0.25, 0.3) is 11.5 Å². The van der Waals surface area contributed by atoms with Crippen molar-refractivity contribution >= 4 is 28.5 Å². The summed E-state index contributed by atoms with van der Waals surface area (Å²) in [6.07, 6.45) is 0.660. The molecule has 0 saturated heterocycles. The highest BCUT2D eigenvalue weighted by Gasteiger charge is 2.29. The first-order chi connectivity index (χ1) is 12.9. The zero-order valence-electron chi connectivity index (χ0n) is 14.4. The zero-order valence-corrected chi connectivity index (χ0v) is 14.4. The van der Waals surface area contributed by atoms with Gasteiger partial charge in [-0.1, -0.05) is 12.1 Å². The molecule has 0 bridgehead atoms. The average Bonchev–Trinajstić information content (AvgIpc) is 2.97. The molecular formula is C20H16N2O5. The van der Waals surface area contributed by atoms with Gasteiger partial charge in [0.05, 0.1) is 11.1 Å². The number of para-hydroxylation sites is 1. The monoisotopic (exact) mass is 364 g/mol. The maximum absolute atomic E-state index is 12.9. The van der Waals surface area contributed by atoms with Gasteiger partial charge >= 0.3 is 5.97 Å². The van der Waals surface area contributed by atoms with Crippen LogP contribution in [-0.2, 0) is 6.42 Å². The van der Waals surface area contributed by atoms with Crippen molar-refractivity contribution in [2.45, 2.75) is 19.4 Å². The third kappa shape index (κ3) is 2.55. The van der Waals surface area contributed by atoms with Crippen LogP contribution in [0.25, 0.3) is 10.9 Å². The van der Waals surface area contributed by atoms with E-state index in [-0.39, 0.29) is 22.9 Å². The van der Waals surface area contributed by atoms with E-state index in [2.05, 4.69) is 5.32 Å². The molecule has 1 aliphatic rings. The Labute approximate surface area is 153 Å². The van der Waals surface area contributed by atoms with Gasteiger partial charge in [0.15, 0.2) is 0 Å². The summed E-state index contributed by atoms with van der Waals surface area (Å²) < 4.78 is 1.55. The number of benzene rings is 2. The molecule has 0 spiro atoms. The number of amides is 1. The second kappa shape index (κ2) is 5.98. The largest absolute Gasteiger partial charge is 0.506 e. The summed E-state index contributed by atoms with van der Waals surface area (Å²) in [4.78, 5) is 36.5. The SMILES string of the molecule is C[C@@H]1Cc2cccc3c(O)c(C(=O)Nc4ccc(C(=O)O)cc4)c(=O)n1c23. The van der Waals surface area contributed by atoms with E-state index in [0.29, 0.717) is 23.0 Å². The second-order valence-corrected chi connectivity index (χ2v) is 6.60. The summed E-state index contributed by atoms with van der Waals surface area (Å²) in [7, 11) is 0. The maximum Gasteiger partial charge on any atom is 0.335 e. The summed E-state index contributed by atoms with van der Waals surface area (Å²) in [5.74, 6) is -2.16. The first-order valence-electron chi connectivity index (χ1n) is 8.42. The highest BCUT2D eigenvalue weighted by atomic mass is 16.4. The number of rotatable bonds is 3. The molecular weight excluding hydrogens is 348 g/mol. The fourth-order valence-electron chi connectivity index (χ4n) is 3.61. The van der Waals surface area contributed by atoms with Crippen LogP contribution in [0.15, 0.2) is 47.3 Å². The summed E-state index contributed by atoms with van der Waals surface area (Å²) >= 11 is 0. The number of aromatic hydroxyl groups is 1. The van der Waals surface area contributed by atoms with Gasteiger partial charge < -0.3 is 20.1 Å². The molecule has 1 atom stereocenters. The molecule has 0 aliphatic carbocycles. The second-order valence-electron chi connectivity index (χ2n) is 6.60. The Morgan fingerprint density at radius 3 is 2.52 bits per heavy atom. The number of carbonyl (C=O) groups is 2. The lowest BCUT2D eigenvalue weighted by atomic mass is 10.1. The molecule has 27 heavy (non-hydrogen) atoms. The molecule has 1 aromatic heterocycles. The van der Waals surface area contributed by atoms with Gasteiger partial charge in [0, 0.05) is 17.1 Å². The Bertz CT molecular complexity index is 1160. The number of hydrogen-bond acceptors (Lipinski definition) is 4. The highest BCUT2D eigenvalue weighted by molar-refractivity contribution is 6.09. The molecule has 4 rings (SSSR count). The molecule has 7 heteroatoms. The number of carboxylic acid groups (broad SMARTS) is 1. The highest BCUT2D eigenvalue weighted by Crippen LogP contribution is 2.36. The van der Waals surface area contributed by atoms with Crippen LogP contribution in [0.2, 0.25) is 0 Å². The molecule has 136 valence electrons. The number of carboxylic acids is 1. The van der Waals surface area contributed by atoms with Gasteiger partial charge in [0.1, 0.15) is 11.3 Å². The van der Waals surface area contributed by atoms with Gasteiger partial charge in [-0.3, -0.25) is 9.59 Å². The number of carbonyl (C=O) groups excluding carboxylic acids is 1. The third-order valence-electron chi connectivity index (χ3n) is 4.86. The first kappa shape index (κ1) is 16.8. The van der Waals surface area contributed by atoms with Crippen LogP contribution >= 0.6 is 0 Å². The van der Waals surface area contributed by atoms with E-state index in [1.54, 1.807) is 16.7 Å². The third-order valence-corrected chi connectivity index (χ3v) is 4.86. The van der Waals surface area contributed by atoms with Crippen LogP contribution in [0.5, 0.6) is 5.75 Å². The van der Waals surface area contributed by atoms with Gasteiger partial charge in [-0.05, 0) is 49.2 Å². The van der Waals surface area contributed by atoms with Crippen molar-refractivity contribution in [3.05, 3.63) is 69.5 Å². The normalized spacial score (nSPS) is 15.1. The van der Waals surface area contributed by atoms with Crippen LogP contribution in [0.1, 0.15) is 39.2 Å². The number of anilines is 1. The van der Waals surface area contributed by atoms with E-state index < -0.39 is 17.4 Å². The number of nitrogens with zero attached hydrogens (tertiary/aromatic N) is 1. The molecule has 0 fully saturated rings.